The number of hydrogen-bond acceptors (Lipinski definition) is 6. The van der Waals surface area contributed by atoms with Crippen LogP contribution in [0.1, 0.15) is 35.4 Å². The van der Waals surface area contributed by atoms with Crippen LogP contribution in [-0.2, 0) is 17.1 Å². The van der Waals surface area contributed by atoms with E-state index < -0.39 is 0 Å². The predicted octanol–water partition coefficient (Wildman–Crippen LogP) is 4.62. The Labute approximate surface area is 200 Å². The van der Waals surface area contributed by atoms with Gasteiger partial charge in [-0.2, -0.15) is 16.7 Å². The number of benzene rings is 2. The molecular weight excluding hydrogens is 432 g/mol. The molecule has 0 aliphatic carbocycles. The lowest BCUT2D eigenvalue weighted by atomic mass is 9.96. The number of rotatable bonds is 9. The van der Waals surface area contributed by atoms with Gasteiger partial charge in [-0.25, -0.2) is 0 Å². The number of thioether (sulfide) groups is 1. The summed E-state index contributed by atoms with van der Waals surface area (Å²) in [7, 11) is 0. The SMILES string of the molecule is Cc1cccc(-c2noc(CN3CCC(C(=O)NCCSCc4ccccc4C)CC3)n2)c1. The zero-order valence-corrected chi connectivity index (χ0v) is 20.2. The summed E-state index contributed by atoms with van der Waals surface area (Å²) in [5.41, 5.74) is 4.84. The lowest BCUT2D eigenvalue weighted by molar-refractivity contribution is -0.126. The first-order valence-electron chi connectivity index (χ1n) is 11.6. The molecule has 1 aromatic heterocycles. The smallest absolute Gasteiger partial charge is 0.241 e. The third-order valence-corrected chi connectivity index (χ3v) is 7.13. The molecule has 2 aromatic carbocycles. The molecule has 1 fully saturated rings. The van der Waals surface area contributed by atoms with Crippen LogP contribution >= 0.6 is 11.8 Å². The van der Waals surface area contributed by atoms with Gasteiger partial charge in [0, 0.05) is 29.5 Å². The van der Waals surface area contributed by atoms with E-state index in [4.69, 9.17) is 4.52 Å². The summed E-state index contributed by atoms with van der Waals surface area (Å²) in [5.74, 6) is 3.45. The molecule has 1 aliphatic heterocycles. The zero-order valence-electron chi connectivity index (χ0n) is 19.4. The summed E-state index contributed by atoms with van der Waals surface area (Å²) in [6.45, 7) is 7.27. The first-order valence-corrected chi connectivity index (χ1v) is 12.8. The molecule has 1 amide bonds. The molecule has 1 N–H and O–H groups in total. The van der Waals surface area contributed by atoms with Gasteiger partial charge in [-0.1, -0.05) is 53.2 Å². The van der Waals surface area contributed by atoms with Crippen LogP contribution in [0.5, 0.6) is 0 Å². The minimum absolute atomic E-state index is 0.0909. The molecule has 7 heteroatoms. The summed E-state index contributed by atoms with van der Waals surface area (Å²) in [6.07, 6.45) is 1.72. The minimum Gasteiger partial charge on any atom is -0.355 e. The number of nitrogens with zero attached hydrogens (tertiary/aromatic N) is 3. The summed E-state index contributed by atoms with van der Waals surface area (Å²) >= 11 is 1.87. The molecule has 33 heavy (non-hydrogen) atoms. The largest absolute Gasteiger partial charge is 0.355 e. The highest BCUT2D eigenvalue weighted by molar-refractivity contribution is 7.98. The molecule has 6 nitrogen and oxygen atoms in total. The number of nitrogens with one attached hydrogen (secondary N) is 1. The number of carbonyl (C=O) groups excluding carboxylic acids is 1. The van der Waals surface area contributed by atoms with Gasteiger partial charge >= 0.3 is 0 Å². The normalized spacial score (nSPS) is 15.0. The molecule has 3 aromatic rings. The minimum atomic E-state index is 0.0909. The predicted molar refractivity (Wildman–Crippen MR) is 133 cm³/mol. The van der Waals surface area contributed by atoms with Crippen LogP contribution in [-0.4, -0.2) is 46.3 Å². The molecule has 0 atom stereocenters. The van der Waals surface area contributed by atoms with Crippen LogP contribution in [0.2, 0.25) is 0 Å². The monoisotopic (exact) mass is 464 g/mol. The molecule has 0 saturated carbocycles. The van der Waals surface area contributed by atoms with E-state index in [0.29, 0.717) is 18.3 Å². The molecule has 0 bridgehead atoms. The van der Waals surface area contributed by atoms with Gasteiger partial charge in [-0.15, -0.1) is 0 Å². The lowest BCUT2D eigenvalue weighted by Crippen LogP contribution is -2.40. The van der Waals surface area contributed by atoms with E-state index >= 15 is 0 Å². The second kappa shape index (κ2) is 11.5. The molecule has 174 valence electrons. The highest BCUT2D eigenvalue weighted by atomic mass is 32.2. The van der Waals surface area contributed by atoms with Gasteiger partial charge in [0.15, 0.2) is 0 Å². The highest BCUT2D eigenvalue weighted by Gasteiger charge is 2.25. The van der Waals surface area contributed by atoms with Crippen molar-refractivity contribution in [3.63, 3.8) is 0 Å². The summed E-state index contributed by atoms with van der Waals surface area (Å²) in [4.78, 5) is 19.4. The number of piperidine rings is 1. The summed E-state index contributed by atoms with van der Waals surface area (Å²) in [5, 5.41) is 7.25. The number of carbonyl (C=O) groups is 1. The number of aromatic nitrogens is 2. The van der Waals surface area contributed by atoms with Crippen molar-refractivity contribution in [3.05, 3.63) is 71.1 Å². The Bertz CT molecular complexity index is 1060. The van der Waals surface area contributed by atoms with Crippen molar-refractivity contribution < 1.29 is 9.32 Å². The molecule has 0 radical (unpaired) electrons. The fourth-order valence-corrected chi connectivity index (χ4v) is 5.04. The van der Waals surface area contributed by atoms with E-state index in [0.717, 1.165) is 49.5 Å². The van der Waals surface area contributed by atoms with Gasteiger partial charge < -0.3 is 9.84 Å². The first kappa shape index (κ1) is 23.5. The van der Waals surface area contributed by atoms with Crippen LogP contribution in [0.25, 0.3) is 11.4 Å². The Morgan fingerprint density at radius 3 is 2.76 bits per heavy atom. The third-order valence-electron chi connectivity index (χ3n) is 6.13. The van der Waals surface area contributed by atoms with Crippen LogP contribution in [0.3, 0.4) is 0 Å². The Hall–Kier alpha value is -2.64. The number of amides is 1. The molecule has 0 unspecified atom stereocenters. The van der Waals surface area contributed by atoms with Gasteiger partial charge in [0.2, 0.25) is 17.6 Å². The zero-order chi connectivity index (χ0) is 23.0. The number of hydrogen-bond donors (Lipinski definition) is 1. The van der Waals surface area contributed by atoms with Gasteiger partial charge in [-0.3, -0.25) is 9.69 Å². The maximum absolute atomic E-state index is 12.6. The van der Waals surface area contributed by atoms with E-state index in [1.807, 2.05) is 23.9 Å². The fraction of sp³-hybridized carbons (Fsp3) is 0.423. The first-order chi connectivity index (χ1) is 16.1. The van der Waals surface area contributed by atoms with Gasteiger partial charge in [0.25, 0.3) is 0 Å². The topological polar surface area (TPSA) is 71.3 Å². The highest BCUT2D eigenvalue weighted by Crippen LogP contribution is 2.21. The fourth-order valence-electron chi connectivity index (χ4n) is 4.11. The average molecular weight is 465 g/mol. The quantitative estimate of drug-likeness (QED) is 0.466. The molecule has 1 saturated heterocycles. The van der Waals surface area contributed by atoms with Crippen molar-refractivity contribution in [2.45, 2.75) is 39.0 Å². The summed E-state index contributed by atoms with van der Waals surface area (Å²) in [6, 6.07) is 16.6. The standard InChI is InChI=1S/C26H32N4O2S/c1-19-6-5-9-22(16-19)25-28-24(32-29-25)17-30-13-10-21(11-14-30)26(31)27-12-15-33-18-23-8-4-3-7-20(23)2/h3-9,16,21H,10-15,17-18H2,1-2H3,(H,27,31). The lowest BCUT2D eigenvalue weighted by Gasteiger charge is -2.30. The second-order valence-electron chi connectivity index (χ2n) is 8.70. The number of aryl methyl sites for hydroxylation is 2. The second-order valence-corrected chi connectivity index (χ2v) is 9.81. The molecule has 4 rings (SSSR count). The van der Waals surface area contributed by atoms with Crippen molar-refractivity contribution in [3.8, 4) is 11.4 Å². The van der Waals surface area contributed by atoms with Crippen LogP contribution in [0.4, 0.5) is 0 Å². The maximum Gasteiger partial charge on any atom is 0.241 e. The Kier molecular flexibility index (Phi) is 8.18. The van der Waals surface area contributed by atoms with Crippen LogP contribution in [0.15, 0.2) is 53.1 Å². The number of likely N-dealkylation sites (tertiary alicyclic amines) is 1. The average Bonchev–Trinajstić information content (AvgIpc) is 3.29. The van der Waals surface area contributed by atoms with E-state index in [1.165, 1.54) is 16.7 Å². The van der Waals surface area contributed by atoms with E-state index in [-0.39, 0.29) is 11.8 Å². The van der Waals surface area contributed by atoms with Crippen molar-refractivity contribution in [1.29, 1.82) is 0 Å². The van der Waals surface area contributed by atoms with E-state index in [2.05, 4.69) is 70.6 Å². The van der Waals surface area contributed by atoms with Gasteiger partial charge in [0.05, 0.1) is 6.54 Å². The molecule has 0 spiro atoms. The Morgan fingerprint density at radius 2 is 1.97 bits per heavy atom. The third kappa shape index (κ3) is 6.68. The molecule has 1 aliphatic rings. The van der Waals surface area contributed by atoms with Crippen LogP contribution in [0, 0.1) is 19.8 Å². The van der Waals surface area contributed by atoms with Crippen LogP contribution < -0.4 is 5.32 Å². The van der Waals surface area contributed by atoms with Crippen molar-refractivity contribution in [2.75, 3.05) is 25.4 Å². The molecule has 2 heterocycles. The van der Waals surface area contributed by atoms with E-state index in [9.17, 15) is 4.79 Å². The van der Waals surface area contributed by atoms with Crippen molar-refractivity contribution >= 4 is 17.7 Å². The summed E-state index contributed by atoms with van der Waals surface area (Å²) < 4.78 is 5.47. The van der Waals surface area contributed by atoms with E-state index in [1.54, 1.807) is 0 Å². The van der Waals surface area contributed by atoms with Gasteiger partial charge in [0.1, 0.15) is 0 Å². The Morgan fingerprint density at radius 1 is 1.15 bits per heavy atom. The van der Waals surface area contributed by atoms with Crippen molar-refractivity contribution in [2.24, 2.45) is 5.92 Å². The Balaban J connectivity index is 1.15. The maximum atomic E-state index is 12.6. The van der Waals surface area contributed by atoms with Crippen molar-refractivity contribution in [1.82, 2.24) is 20.4 Å². The van der Waals surface area contributed by atoms with Gasteiger partial charge in [-0.05, 0) is 57.0 Å². The molecular formula is C26H32N4O2S.